The molecular weight excluding hydrogens is 362 g/mol. The van der Waals surface area contributed by atoms with Gasteiger partial charge in [-0.25, -0.2) is 0 Å². The summed E-state index contributed by atoms with van der Waals surface area (Å²) in [6.45, 7) is 1.71. The van der Waals surface area contributed by atoms with Crippen molar-refractivity contribution in [2.24, 2.45) is 10.2 Å². The topological polar surface area (TPSA) is 70.9 Å². The molecular formula is C24H21N3O2. The highest BCUT2D eigenvalue weighted by atomic mass is 16.1. The smallest absolute Gasteiger partial charge is 0.230 e. The van der Waals surface area contributed by atoms with Gasteiger partial charge in [0.25, 0.3) is 0 Å². The molecule has 0 bridgehead atoms. The number of Topliss-reactive ketones (excluding diaryl/α,β-unsaturated/α-hetero) is 1. The van der Waals surface area contributed by atoms with Crippen LogP contribution in [0.15, 0.2) is 101 Å². The molecule has 29 heavy (non-hydrogen) atoms. The van der Waals surface area contributed by atoms with Gasteiger partial charge < -0.3 is 5.32 Å². The van der Waals surface area contributed by atoms with Crippen LogP contribution in [0.5, 0.6) is 0 Å². The zero-order chi connectivity index (χ0) is 20.5. The first kappa shape index (κ1) is 19.9. The Hall–Kier alpha value is -3.86. The van der Waals surface area contributed by atoms with Gasteiger partial charge in [-0.3, -0.25) is 9.59 Å². The van der Waals surface area contributed by atoms with Crippen molar-refractivity contribution in [3.8, 4) is 0 Å². The highest BCUT2D eigenvalue weighted by molar-refractivity contribution is 6.51. The van der Waals surface area contributed by atoms with E-state index in [-0.39, 0.29) is 23.8 Å². The van der Waals surface area contributed by atoms with Gasteiger partial charge in [-0.2, -0.15) is 5.10 Å². The van der Waals surface area contributed by atoms with Crippen LogP contribution in [0.2, 0.25) is 0 Å². The zero-order valence-electron chi connectivity index (χ0n) is 16.1. The lowest BCUT2D eigenvalue weighted by Gasteiger charge is -2.06. The molecule has 144 valence electrons. The van der Waals surface area contributed by atoms with Crippen LogP contribution in [-0.4, -0.2) is 23.1 Å². The number of para-hydroxylation sites is 1. The zero-order valence-corrected chi connectivity index (χ0v) is 16.1. The molecule has 0 spiro atoms. The SMILES string of the molecule is C/C(CC(=O)Nc1ccccc1)=N/N=C(/C(=O)c1ccccc1)c1ccccc1. The molecule has 3 aromatic rings. The minimum absolute atomic E-state index is 0.0833. The Labute approximate surface area is 169 Å². The van der Waals surface area contributed by atoms with Crippen LogP contribution < -0.4 is 5.32 Å². The van der Waals surface area contributed by atoms with Gasteiger partial charge in [-0.1, -0.05) is 78.9 Å². The lowest BCUT2D eigenvalue weighted by atomic mass is 10.0. The summed E-state index contributed by atoms with van der Waals surface area (Å²) in [5.41, 5.74) is 2.67. The second kappa shape index (κ2) is 9.90. The van der Waals surface area contributed by atoms with Crippen LogP contribution in [0.3, 0.4) is 0 Å². The lowest BCUT2D eigenvalue weighted by Crippen LogP contribution is -2.17. The molecule has 0 fully saturated rings. The maximum absolute atomic E-state index is 12.9. The second-order valence-electron chi connectivity index (χ2n) is 6.44. The average molecular weight is 383 g/mol. The average Bonchev–Trinajstić information content (AvgIpc) is 2.75. The molecule has 0 aliphatic rings. The first-order chi connectivity index (χ1) is 14.1. The van der Waals surface area contributed by atoms with E-state index in [1.165, 1.54) is 0 Å². The van der Waals surface area contributed by atoms with Crippen LogP contribution in [-0.2, 0) is 4.79 Å². The summed E-state index contributed by atoms with van der Waals surface area (Å²) in [6.07, 6.45) is 0.0833. The number of carbonyl (C=O) groups excluding carboxylic acids is 2. The summed E-state index contributed by atoms with van der Waals surface area (Å²) in [6, 6.07) is 27.3. The van der Waals surface area contributed by atoms with E-state index in [4.69, 9.17) is 0 Å². The molecule has 1 amide bonds. The Morgan fingerprint density at radius 3 is 1.83 bits per heavy atom. The molecule has 0 heterocycles. The van der Waals surface area contributed by atoms with Gasteiger partial charge >= 0.3 is 0 Å². The summed E-state index contributed by atoms with van der Waals surface area (Å²) in [7, 11) is 0. The Bertz CT molecular complexity index is 1030. The number of hydrogen-bond acceptors (Lipinski definition) is 4. The fraction of sp³-hybridized carbons (Fsp3) is 0.0833. The maximum Gasteiger partial charge on any atom is 0.230 e. The summed E-state index contributed by atoms with van der Waals surface area (Å²) >= 11 is 0. The van der Waals surface area contributed by atoms with E-state index in [2.05, 4.69) is 15.5 Å². The minimum Gasteiger partial charge on any atom is -0.326 e. The molecule has 0 atom stereocenters. The summed E-state index contributed by atoms with van der Waals surface area (Å²) in [5.74, 6) is -0.412. The first-order valence-corrected chi connectivity index (χ1v) is 9.24. The number of nitrogens with zero attached hydrogens (tertiary/aromatic N) is 2. The van der Waals surface area contributed by atoms with Crippen molar-refractivity contribution in [2.75, 3.05) is 5.32 Å². The van der Waals surface area contributed by atoms with Gasteiger partial charge in [0.15, 0.2) is 0 Å². The molecule has 0 saturated carbocycles. The highest BCUT2D eigenvalue weighted by Gasteiger charge is 2.16. The molecule has 0 aromatic heterocycles. The van der Waals surface area contributed by atoms with E-state index >= 15 is 0 Å². The van der Waals surface area contributed by atoms with Crippen molar-refractivity contribution >= 4 is 28.8 Å². The third kappa shape index (κ3) is 5.81. The Balaban J connectivity index is 1.80. The number of rotatable bonds is 7. The molecule has 0 aliphatic heterocycles. The largest absolute Gasteiger partial charge is 0.326 e. The van der Waals surface area contributed by atoms with Crippen molar-refractivity contribution < 1.29 is 9.59 Å². The number of benzene rings is 3. The minimum atomic E-state index is -0.220. The van der Waals surface area contributed by atoms with E-state index in [0.29, 0.717) is 16.8 Å². The van der Waals surface area contributed by atoms with Crippen molar-refractivity contribution in [3.63, 3.8) is 0 Å². The van der Waals surface area contributed by atoms with Gasteiger partial charge in [0.2, 0.25) is 11.7 Å². The summed E-state index contributed by atoms with van der Waals surface area (Å²) in [5, 5.41) is 11.2. The maximum atomic E-state index is 12.9. The monoisotopic (exact) mass is 383 g/mol. The fourth-order valence-corrected chi connectivity index (χ4v) is 2.69. The van der Waals surface area contributed by atoms with Crippen LogP contribution >= 0.6 is 0 Å². The standard InChI is InChI=1S/C24H21N3O2/c1-18(17-22(28)25-21-15-9-4-10-16-21)26-27-23(19-11-5-2-6-12-19)24(29)20-13-7-3-8-14-20/h2-16H,17H2,1H3,(H,25,28)/b26-18-,27-23+. The first-order valence-electron chi connectivity index (χ1n) is 9.24. The molecule has 5 heteroatoms. The van der Waals surface area contributed by atoms with Gasteiger partial charge in [0.05, 0.1) is 6.42 Å². The quantitative estimate of drug-likeness (QED) is 0.363. The van der Waals surface area contributed by atoms with E-state index < -0.39 is 0 Å². The summed E-state index contributed by atoms with van der Waals surface area (Å²) in [4.78, 5) is 25.1. The molecule has 1 N–H and O–H groups in total. The van der Waals surface area contributed by atoms with E-state index in [1.54, 1.807) is 31.2 Å². The molecule has 5 nitrogen and oxygen atoms in total. The number of ketones is 1. The van der Waals surface area contributed by atoms with Crippen molar-refractivity contribution in [3.05, 3.63) is 102 Å². The van der Waals surface area contributed by atoms with Crippen LogP contribution in [0.4, 0.5) is 5.69 Å². The number of hydrogen-bond donors (Lipinski definition) is 1. The fourth-order valence-electron chi connectivity index (χ4n) is 2.69. The van der Waals surface area contributed by atoms with Gasteiger partial charge in [-0.05, 0) is 19.1 Å². The van der Waals surface area contributed by atoms with E-state index in [0.717, 1.165) is 5.69 Å². The molecule has 0 aliphatic carbocycles. The van der Waals surface area contributed by atoms with Gasteiger partial charge in [0, 0.05) is 22.5 Å². The summed E-state index contributed by atoms with van der Waals surface area (Å²) < 4.78 is 0. The van der Waals surface area contributed by atoms with Crippen LogP contribution in [0.25, 0.3) is 0 Å². The molecule has 0 radical (unpaired) electrons. The number of anilines is 1. The van der Waals surface area contributed by atoms with Crippen LogP contribution in [0.1, 0.15) is 29.3 Å². The lowest BCUT2D eigenvalue weighted by molar-refractivity contribution is -0.115. The normalized spacial score (nSPS) is 11.8. The van der Waals surface area contributed by atoms with Gasteiger partial charge in [0.1, 0.15) is 5.71 Å². The predicted molar refractivity (Wildman–Crippen MR) is 117 cm³/mol. The molecule has 0 unspecified atom stereocenters. The Morgan fingerprint density at radius 2 is 1.24 bits per heavy atom. The van der Waals surface area contributed by atoms with E-state index in [9.17, 15) is 9.59 Å². The van der Waals surface area contributed by atoms with Crippen LogP contribution in [0, 0.1) is 0 Å². The molecule has 3 aromatic carbocycles. The number of carbonyl (C=O) groups is 2. The molecule has 0 saturated heterocycles. The Kier molecular flexibility index (Phi) is 6.79. The predicted octanol–water partition coefficient (Wildman–Crippen LogP) is 4.76. The Morgan fingerprint density at radius 1 is 0.724 bits per heavy atom. The highest BCUT2D eigenvalue weighted by Crippen LogP contribution is 2.10. The number of nitrogens with one attached hydrogen (secondary N) is 1. The second-order valence-corrected chi connectivity index (χ2v) is 6.44. The van der Waals surface area contributed by atoms with Crippen molar-refractivity contribution in [1.82, 2.24) is 0 Å². The van der Waals surface area contributed by atoms with Crippen molar-refractivity contribution in [2.45, 2.75) is 13.3 Å². The van der Waals surface area contributed by atoms with E-state index in [1.807, 2.05) is 66.7 Å². The molecule has 3 rings (SSSR count). The van der Waals surface area contributed by atoms with Crippen molar-refractivity contribution in [1.29, 1.82) is 0 Å². The van der Waals surface area contributed by atoms with Gasteiger partial charge in [-0.15, -0.1) is 5.10 Å². The number of amides is 1. The third-order valence-corrected chi connectivity index (χ3v) is 4.09. The third-order valence-electron chi connectivity index (χ3n) is 4.09.